The average molecular weight is 569 g/mol. The molecule has 4 aliphatic carbocycles. The molecule has 4 nitrogen and oxygen atoms in total. The van der Waals surface area contributed by atoms with Crippen molar-refractivity contribution in [2.45, 2.75) is 94.4 Å². The molecule has 0 unspecified atom stereocenters. The van der Waals surface area contributed by atoms with Crippen molar-refractivity contribution in [1.82, 2.24) is 0 Å². The van der Waals surface area contributed by atoms with Gasteiger partial charge in [-0.2, -0.15) is 0 Å². The minimum absolute atomic E-state index is 0.196. The molecule has 4 saturated carbocycles. The van der Waals surface area contributed by atoms with Crippen LogP contribution in [0.4, 0.5) is 0 Å². The van der Waals surface area contributed by atoms with Gasteiger partial charge in [-0.3, -0.25) is 19.2 Å². The van der Waals surface area contributed by atoms with Crippen LogP contribution >= 0.6 is 0 Å². The first-order valence-electron chi connectivity index (χ1n) is 15.4. The van der Waals surface area contributed by atoms with Crippen molar-refractivity contribution in [2.75, 3.05) is 0 Å². The largest absolute Gasteiger partial charge is 0.297 e. The second-order valence-electron chi connectivity index (χ2n) is 14.3. The molecule has 4 bridgehead atoms. The van der Waals surface area contributed by atoms with Crippen LogP contribution in [0.25, 0.3) is 0 Å². The maximum atomic E-state index is 15.2. The zero-order valence-corrected chi connectivity index (χ0v) is 27.0. The summed E-state index contributed by atoms with van der Waals surface area (Å²) in [6.45, 7) is 17.9. The smallest absolute Gasteiger partial charge is 0.184 e. The normalized spacial score (nSPS) is 31.2. The van der Waals surface area contributed by atoms with E-state index in [1.807, 2.05) is 66.7 Å². The van der Waals surface area contributed by atoms with Crippen molar-refractivity contribution in [3.8, 4) is 0 Å². The van der Waals surface area contributed by atoms with Gasteiger partial charge >= 0.3 is 0 Å². The monoisotopic (exact) mass is 568 g/mol. The molecule has 5 atom stereocenters. The van der Waals surface area contributed by atoms with Crippen LogP contribution in [0.1, 0.15) is 105 Å². The molecule has 0 radical (unpaired) electrons. The number of carbonyl (C=O) groups excluding carboxylic acids is 4. The van der Waals surface area contributed by atoms with Crippen LogP contribution in [-0.2, 0) is 14.4 Å². The van der Waals surface area contributed by atoms with Crippen LogP contribution in [0.3, 0.4) is 0 Å². The number of rotatable bonds is 10. The summed E-state index contributed by atoms with van der Waals surface area (Å²) >= 11 is 0. The maximum Gasteiger partial charge on any atom is 0.184 e. The molecule has 0 amide bonds. The summed E-state index contributed by atoms with van der Waals surface area (Å²) in [5, 5.41) is 0. The summed E-state index contributed by atoms with van der Waals surface area (Å²) < 4.78 is 0. The fourth-order valence-electron chi connectivity index (χ4n) is 8.25. The second kappa shape index (κ2) is 11.2. The molecule has 1 aromatic carbocycles. The summed E-state index contributed by atoms with van der Waals surface area (Å²) in [4.78, 5) is 60.0. The van der Waals surface area contributed by atoms with E-state index >= 15 is 14.4 Å². The number of benzene rings is 1. The summed E-state index contributed by atoms with van der Waals surface area (Å²) in [6.07, 6.45) is 10.8. The van der Waals surface area contributed by atoms with Gasteiger partial charge in [0.15, 0.2) is 28.5 Å². The van der Waals surface area contributed by atoms with E-state index in [-0.39, 0.29) is 30.5 Å². The highest BCUT2D eigenvalue weighted by Crippen LogP contribution is 2.75. The van der Waals surface area contributed by atoms with E-state index < -0.39 is 39.0 Å². The van der Waals surface area contributed by atoms with Crippen molar-refractivity contribution < 1.29 is 19.2 Å². The second-order valence-corrected chi connectivity index (χ2v) is 14.3. The molecule has 0 saturated heterocycles. The van der Waals surface area contributed by atoms with Crippen LogP contribution in [0.15, 0.2) is 76.9 Å². The number of hydrogen-bond donors (Lipinski definition) is 0. The summed E-state index contributed by atoms with van der Waals surface area (Å²) in [5.41, 5.74) is -1.02. The third-order valence-corrected chi connectivity index (χ3v) is 10.4. The zero-order chi connectivity index (χ0) is 31.3. The van der Waals surface area contributed by atoms with Crippen LogP contribution in [0.2, 0.25) is 0 Å². The molecule has 5 rings (SSSR count). The van der Waals surface area contributed by atoms with Gasteiger partial charge in [-0.15, -0.1) is 0 Å². The Morgan fingerprint density at radius 1 is 0.786 bits per heavy atom. The number of hydrogen-bond acceptors (Lipinski definition) is 4. The first-order chi connectivity index (χ1) is 19.6. The molecule has 1 aromatic rings. The zero-order valence-electron chi connectivity index (χ0n) is 27.0. The van der Waals surface area contributed by atoms with Crippen molar-refractivity contribution in [3.05, 3.63) is 82.5 Å². The van der Waals surface area contributed by atoms with Gasteiger partial charge in [-0.05, 0) is 91.9 Å². The van der Waals surface area contributed by atoms with E-state index in [1.54, 1.807) is 24.3 Å². The predicted octanol–water partition coefficient (Wildman–Crippen LogP) is 8.63. The van der Waals surface area contributed by atoms with Gasteiger partial charge in [0.2, 0.25) is 0 Å². The van der Waals surface area contributed by atoms with E-state index in [0.29, 0.717) is 12.0 Å². The molecule has 42 heavy (non-hydrogen) atoms. The first kappa shape index (κ1) is 31.8. The fraction of sp³-hybridized carbons (Fsp3) is 0.526. The Bertz CT molecular complexity index is 1420. The standard InChI is InChI=1S/C38H48O4/c1-24(2)14-13-15-27(7)19-20-36-23-30-29(22-26(5)6)37(32(36)40,21-18-25(3)4)34(42)38(33(36)41,35(30,8)9)31(39)28-16-11-10-12-17-28/h10-12,14,16-19,22,29-30H,13,15,20-21,23H2,1-9H3/t29-,30+,36-,37+,38-/m0/s1. The van der Waals surface area contributed by atoms with E-state index in [4.69, 9.17) is 0 Å². The molecule has 4 heteroatoms. The molecule has 0 aliphatic heterocycles. The lowest BCUT2D eigenvalue weighted by Crippen LogP contribution is -2.83. The average Bonchev–Trinajstić information content (AvgIpc) is 2.91. The predicted molar refractivity (Wildman–Crippen MR) is 169 cm³/mol. The van der Waals surface area contributed by atoms with Crippen LogP contribution in [-0.4, -0.2) is 23.1 Å². The molecule has 0 N–H and O–H groups in total. The number of allylic oxidation sites excluding steroid dienone is 8. The van der Waals surface area contributed by atoms with Gasteiger partial charge in [-0.25, -0.2) is 0 Å². The van der Waals surface area contributed by atoms with Crippen molar-refractivity contribution >= 4 is 23.1 Å². The maximum absolute atomic E-state index is 15.2. The highest BCUT2D eigenvalue weighted by atomic mass is 16.2. The quantitative estimate of drug-likeness (QED) is 0.161. The van der Waals surface area contributed by atoms with Crippen LogP contribution in [0, 0.1) is 33.5 Å². The molecular formula is C38H48O4. The highest BCUT2D eigenvalue weighted by molar-refractivity contribution is 6.42. The lowest BCUT2D eigenvalue weighted by atomic mass is 9.27. The third kappa shape index (κ3) is 4.48. The molecular weight excluding hydrogens is 520 g/mol. The van der Waals surface area contributed by atoms with Gasteiger partial charge < -0.3 is 0 Å². The van der Waals surface area contributed by atoms with Gasteiger partial charge in [0, 0.05) is 11.5 Å². The number of ketones is 4. The van der Waals surface area contributed by atoms with Gasteiger partial charge in [0.05, 0.1) is 10.8 Å². The van der Waals surface area contributed by atoms with Crippen molar-refractivity contribution in [3.63, 3.8) is 0 Å². The van der Waals surface area contributed by atoms with Crippen LogP contribution in [0.5, 0.6) is 0 Å². The topological polar surface area (TPSA) is 68.3 Å². The Morgan fingerprint density at radius 3 is 1.98 bits per heavy atom. The van der Waals surface area contributed by atoms with Gasteiger partial charge in [0.25, 0.3) is 0 Å². The Labute approximate surface area is 252 Å². The summed E-state index contributed by atoms with van der Waals surface area (Å²) in [7, 11) is 0. The van der Waals surface area contributed by atoms with Gasteiger partial charge in [-0.1, -0.05) is 90.8 Å². The first-order valence-corrected chi connectivity index (χ1v) is 15.4. The Balaban J connectivity index is 2.01. The number of carbonyl (C=O) groups is 4. The summed E-state index contributed by atoms with van der Waals surface area (Å²) in [6, 6.07) is 8.73. The lowest BCUT2D eigenvalue weighted by molar-refractivity contribution is -0.209. The molecule has 4 fully saturated rings. The Morgan fingerprint density at radius 2 is 1.40 bits per heavy atom. The minimum Gasteiger partial charge on any atom is -0.297 e. The van der Waals surface area contributed by atoms with E-state index in [9.17, 15) is 4.79 Å². The van der Waals surface area contributed by atoms with E-state index in [2.05, 4.69) is 26.0 Å². The molecule has 0 aromatic heterocycles. The minimum atomic E-state index is -1.92. The Kier molecular flexibility index (Phi) is 8.45. The van der Waals surface area contributed by atoms with Crippen molar-refractivity contribution in [2.24, 2.45) is 33.5 Å². The molecule has 4 aliphatic rings. The SMILES string of the molecule is CC(C)=CCCC(C)=CC[C@]12C[C@@H]3[C@H](C=C(C)C)[C@](CC=C(C)C)(C1=O)C(=O)[C@](C(=O)c1ccccc1)(C2=O)C3(C)C. The van der Waals surface area contributed by atoms with Crippen molar-refractivity contribution in [1.29, 1.82) is 0 Å². The third-order valence-electron chi connectivity index (χ3n) is 10.4. The fourth-order valence-corrected chi connectivity index (χ4v) is 8.25. The highest BCUT2D eigenvalue weighted by Gasteiger charge is 2.86. The molecule has 0 spiro atoms. The van der Waals surface area contributed by atoms with E-state index in [0.717, 1.165) is 29.6 Å². The Hall–Kier alpha value is -3.14. The van der Waals surface area contributed by atoms with Gasteiger partial charge in [0.1, 0.15) is 0 Å². The summed E-state index contributed by atoms with van der Waals surface area (Å²) in [5.74, 6) is -2.27. The van der Waals surface area contributed by atoms with E-state index in [1.165, 1.54) is 5.57 Å². The molecule has 0 heterocycles. The lowest BCUT2D eigenvalue weighted by Gasteiger charge is -2.70. The number of Topliss-reactive ketones (excluding diaryl/α,β-unsaturated/α-hetero) is 4. The molecule has 224 valence electrons. The van der Waals surface area contributed by atoms with Crippen LogP contribution < -0.4 is 0 Å².